The molecule has 0 atom stereocenters. The van der Waals surface area contributed by atoms with E-state index in [1.165, 1.54) is 18.2 Å². The molecule has 0 aliphatic heterocycles. The van der Waals surface area contributed by atoms with Gasteiger partial charge in [0.2, 0.25) is 0 Å². The Hall–Kier alpha value is -1.88. The Kier molecular flexibility index (Phi) is 2.85. The second-order valence-electron chi connectivity index (χ2n) is 3.50. The number of halogens is 2. The van der Waals surface area contributed by atoms with Crippen LogP contribution in [0.15, 0.2) is 18.2 Å². The molecule has 0 saturated heterocycles. The molecule has 17 heavy (non-hydrogen) atoms. The Morgan fingerprint density at radius 2 is 2.24 bits per heavy atom. The van der Waals surface area contributed by atoms with Crippen molar-refractivity contribution < 1.29 is 14.3 Å². The van der Waals surface area contributed by atoms with Gasteiger partial charge in [-0.25, -0.2) is 9.18 Å². The third-order valence-electron chi connectivity index (χ3n) is 2.35. The van der Waals surface area contributed by atoms with Crippen molar-refractivity contribution in [2.45, 2.75) is 6.92 Å². The summed E-state index contributed by atoms with van der Waals surface area (Å²) in [5.41, 5.74) is 0.603. The molecular weight excluding hydrogens is 247 g/mol. The summed E-state index contributed by atoms with van der Waals surface area (Å²) >= 11 is 5.77. The van der Waals surface area contributed by atoms with Gasteiger partial charge in [0, 0.05) is 21.8 Å². The largest absolute Gasteiger partial charge is 0.476 e. The number of carboxylic acid groups (broad SMARTS) is 1. The first-order valence-electron chi connectivity index (χ1n) is 4.74. The number of nitrogens with zero attached hydrogens (tertiary/aromatic N) is 1. The second kappa shape index (κ2) is 4.18. The van der Waals surface area contributed by atoms with E-state index in [1.807, 2.05) is 0 Å². The average Bonchev–Trinajstić information content (AvgIpc) is 2.64. The van der Waals surface area contributed by atoms with Gasteiger partial charge in [0.05, 0.1) is 0 Å². The van der Waals surface area contributed by atoms with E-state index in [9.17, 15) is 9.18 Å². The van der Waals surface area contributed by atoms with E-state index in [1.54, 1.807) is 6.92 Å². The molecule has 0 fully saturated rings. The molecule has 4 nitrogen and oxygen atoms in total. The van der Waals surface area contributed by atoms with Gasteiger partial charge in [0.1, 0.15) is 5.82 Å². The summed E-state index contributed by atoms with van der Waals surface area (Å²) in [6.07, 6.45) is 0. The van der Waals surface area contributed by atoms with Crippen molar-refractivity contribution in [1.29, 1.82) is 0 Å². The van der Waals surface area contributed by atoms with Crippen LogP contribution in [0.2, 0.25) is 5.02 Å². The monoisotopic (exact) mass is 254 g/mol. The molecule has 0 aliphatic carbocycles. The van der Waals surface area contributed by atoms with Crippen LogP contribution in [0.5, 0.6) is 0 Å². The lowest BCUT2D eigenvalue weighted by Crippen LogP contribution is -2.00. The molecule has 1 aromatic heterocycles. The molecule has 0 bridgehead atoms. The molecule has 0 radical (unpaired) electrons. The number of rotatable bonds is 2. The van der Waals surface area contributed by atoms with E-state index >= 15 is 0 Å². The molecule has 0 unspecified atom stereocenters. The minimum absolute atomic E-state index is 0.126. The van der Waals surface area contributed by atoms with E-state index in [4.69, 9.17) is 16.7 Å². The van der Waals surface area contributed by atoms with Crippen molar-refractivity contribution >= 4 is 17.6 Å². The molecule has 1 heterocycles. The van der Waals surface area contributed by atoms with Crippen LogP contribution in [0.4, 0.5) is 4.39 Å². The highest BCUT2D eigenvalue weighted by molar-refractivity contribution is 6.30. The number of nitrogens with one attached hydrogen (secondary N) is 1. The first-order chi connectivity index (χ1) is 8.00. The highest BCUT2D eigenvalue weighted by atomic mass is 35.5. The number of aryl methyl sites for hydroxylation is 1. The van der Waals surface area contributed by atoms with E-state index in [2.05, 4.69) is 10.2 Å². The maximum Gasteiger partial charge on any atom is 0.357 e. The summed E-state index contributed by atoms with van der Waals surface area (Å²) in [7, 11) is 0. The zero-order valence-corrected chi connectivity index (χ0v) is 9.55. The Morgan fingerprint density at radius 3 is 2.88 bits per heavy atom. The maximum atomic E-state index is 13.7. The van der Waals surface area contributed by atoms with Crippen LogP contribution < -0.4 is 0 Å². The number of hydrogen-bond acceptors (Lipinski definition) is 2. The summed E-state index contributed by atoms with van der Waals surface area (Å²) in [6.45, 7) is 1.62. The summed E-state index contributed by atoms with van der Waals surface area (Å²) in [5.74, 6) is -1.76. The number of aromatic nitrogens is 2. The van der Waals surface area contributed by atoms with Crippen molar-refractivity contribution in [2.24, 2.45) is 0 Å². The summed E-state index contributed by atoms with van der Waals surface area (Å²) in [6, 6.07) is 3.97. The van der Waals surface area contributed by atoms with Gasteiger partial charge < -0.3 is 5.11 Å². The van der Waals surface area contributed by atoms with Crippen LogP contribution >= 0.6 is 11.6 Å². The predicted octanol–water partition coefficient (Wildman–Crippen LogP) is 2.88. The van der Waals surface area contributed by atoms with Crippen molar-refractivity contribution in [3.8, 4) is 11.1 Å². The van der Waals surface area contributed by atoms with Crippen molar-refractivity contribution in [3.05, 3.63) is 40.4 Å². The number of aromatic amines is 1. The Labute approximate surface area is 101 Å². The number of hydrogen-bond donors (Lipinski definition) is 2. The number of H-pyrrole nitrogens is 1. The Bertz CT molecular complexity index is 595. The van der Waals surface area contributed by atoms with Crippen molar-refractivity contribution in [3.63, 3.8) is 0 Å². The van der Waals surface area contributed by atoms with Gasteiger partial charge >= 0.3 is 5.97 Å². The lowest BCUT2D eigenvalue weighted by atomic mass is 10.0. The first kappa shape index (κ1) is 11.6. The third kappa shape index (κ3) is 2.01. The topological polar surface area (TPSA) is 66.0 Å². The predicted molar refractivity (Wildman–Crippen MR) is 60.7 cm³/mol. The molecule has 6 heteroatoms. The minimum Gasteiger partial charge on any atom is -0.476 e. The standard InChI is InChI=1S/C11H8ClFN2O2/c1-5-9(10(11(16)17)15-14-5)7-4-6(12)2-3-8(7)13/h2-4H,1H3,(H,14,15)(H,16,17). The zero-order chi connectivity index (χ0) is 12.6. The molecule has 0 spiro atoms. The summed E-state index contributed by atoms with van der Waals surface area (Å²) in [5, 5.41) is 15.4. The van der Waals surface area contributed by atoms with E-state index in [0.29, 0.717) is 10.7 Å². The molecule has 0 aliphatic rings. The van der Waals surface area contributed by atoms with Gasteiger partial charge in [-0.3, -0.25) is 5.10 Å². The van der Waals surface area contributed by atoms with E-state index < -0.39 is 11.8 Å². The normalized spacial score (nSPS) is 10.5. The van der Waals surface area contributed by atoms with Crippen LogP contribution in [0, 0.1) is 12.7 Å². The van der Waals surface area contributed by atoms with Gasteiger partial charge in [-0.1, -0.05) is 11.6 Å². The summed E-state index contributed by atoms with van der Waals surface area (Å²) < 4.78 is 13.7. The Balaban J connectivity index is 2.71. The number of carbonyl (C=O) groups is 1. The zero-order valence-electron chi connectivity index (χ0n) is 8.79. The number of benzene rings is 1. The van der Waals surface area contributed by atoms with E-state index in [0.717, 1.165) is 0 Å². The second-order valence-corrected chi connectivity index (χ2v) is 3.94. The highest BCUT2D eigenvalue weighted by Crippen LogP contribution is 2.30. The minimum atomic E-state index is -1.22. The molecule has 88 valence electrons. The lowest BCUT2D eigenvalue weighted by Gasteiger charge is -2.04. The van der Waals surface area contributed by atoms with Gasteiger partial charge in [-0.2, -0.15) is 5.10 Å². The van der Waals surface area contributed by atoms with Crippen LogP contribution in [-0.4, -0.2) is 21.3 Å². The van der Waals surface area contributed by atoms with Crippen molar-refractivity contribution in [1.82, 2.24) is 10.2 Å². The van der Waals surface area contributed by atoms with Crippen LogP contribution in [0.3, 0.4) is 0 Å². The molecule has 2 rings (SSSR count). The van der Waals surface area contributed by atoms with Crippen molar-refractivity contribution in [2.75, 3.05) is 0 Å². The summed E-state index contributed by atoms with van der Waals surface area (Å²) in [4.78, 5) is 11.0. The molecule has 2 N–H and O–H groups in total. The van der Waals surface area contributed by atoms with Gasteiger partial charge in [0.25, 0.3) is 0 Å². The van der Waals surface area contributed by atoms with Crippen LogP contribution in [0.1, 0.15) is 16.2 Å². The average molecular weight is 255 g/mol. The molecule has 0 saturated carbocycles. The van der Waals surface area contributed by atoms with Gasteiger partial charge in [0.15, 0.2) is 5.69 Å². The van der Waals surface area contributed by atoms with Gasteiger partial charge in [-0.15, -0.1) is 0 Å². The smallest absolute Gasteiger partial charge is 0.357 e. The number of aromatic carboxylic acids is 1. The lowest BCUT2D eigenvalue weighted by molar-refractivity contribution is 0.0691. The fraction of sp³-hybridized carbons (Fsp3) is 0.0909. The maximum absolute atomic E-state index is 13.7. The SMILES string of the molecule is Cc1[nH]nc(C(=O)O)c1-c1cc(Cl)ccc1F. The fourth-order valence-corrected chi connectivity index (χ4v) is 1.77. The van der Waals surface area contributed by atoms with Crippen LogP contribution in [0.25, 0.3) is 11.1 Å². The molecule has 0 amide bonds. The molecule has 1 aromatic carbocycles. The highest BCUT2D eigenvalue weighted by Gasteiger charge is 2.20. The molecule has 2 aromatic rings. The molecular formula is C11H8ClFN2O2. The number of carboxylic acids is 1. The van der Waals surface area contributed by atoms with Crippen LogP contribution in [-0.2, 0) is 0 Å². The van der Waals surface area contributed by atoms with E-state index in [-0.39, 0.29) is 16.8 Å². The van der Waals surface area contributed by atoms with Gasteiger partial charge in [-0.05, 0) is 25.1 Å². The Morgan fingerprint density at radius 1 is 1.53 bits per heavy atom. The third-order valence-corrected chi connectivity index (χ3v) is 2.58. The fourth-order valence-electron chi connectivity index (χ4n) is 1.60. The quantitative estimate of drug-likeness (QED) is 0.866. The first-order valence-corrected chi connectivity index (χ1v) is 5.12.